The number of fused-ring (bicyclic) bond motifs is 1. The van der Waals surface area contributed by atoms with E-state index in [-0.39, 0.29) is 0 Å². The van der Waals surface area contributed by atoms with E-state index in [9.17, 15) is 14.4 Å². The van der Waals surface area contributed by atoms with Crippen LogP contribution in [0.5, 0.6) is 5.75 Å². The molecule has 3 aromatic carbocycles. The van der Waals surface area contributed by atoms with Gasteiger partial charge in [-0.15, -0.1) is 0 Å². The first-order valence-electron chi connectivity index (χ1n) is 9.90. The van der Waals surface area contributed by atoms with Crippen LogP contribution in [0.1, 0.15) is 18.1 Å². The topological polar surface area (TPSA) is 87.7 Å². The fourth-order valence-electron chi connectivity index (χ4n) is 3.79. The lowest BCUT2D eigenvalue weighted by atomic mass is 9.90. The quantitative estimate of drug-likeness (QED) is 0.622. The molecule has 3 aromatic rings. The van der Waals surface area contributed by atoms with Crippen molar-refractivity contribution in [1.29, 1.82) is 0 Å². The highest BCUT2D eigenvalue weighted by atomic mass is 16.5. The minimum Gasteiger partial charge on any atom is -0.495 e. The van der Waals surface area contributed by atoms with E-state index in [2.05, 4.69) is 10.6 Å². The highest BCUT2D eigenvalue weighted by Gasteiger charge is 2.49. The summed E-state index contributed by atoms with van der Waals surface area (Å²) in [7, 11) is 1.51. The number of nitrogens with zero attached hydrogens (tertiary/aromatic N) is 1. The van der Waals surface area contributed by atoms with Gasteiger partial charge in [0.05, 0.1) is 12.8 Å². The molecule has 158 valence electrons. The number of methoxy groups -OCH3 is 1. The van der Waals surface area contributed by atoms with E-state index in [4.69, 9.17) is 4.74 Å². The first kappa shape index (κ1) is 20.4. The molecule has 31 heavy (non-hydrogen) atoms. The predicted octanol–water partition coefficient (Wildman–Crippen LogP) is 3.56. The molecule has 4 rings (SSSR count). The number of carbonyl (C=O) groups excluding carboxylic acids is 3. The lowest BCUT2D eigenvalue weighted by Crippen LogP contribution is -2.42. The minimum atomic E-state index is -1.25. The Morgan fingerprint density at radius 2 is 1.81 bits per heavy atom. The summed E-state index contributed by atoms with van der Waals surface area (Å²) < 4.78 is 5.26. The van der Waals surface area contributed by atoms with E-state index >= 15 is 0 Å². The average molecular weight is 417 g/mol. The number of rotatable bonds is 5. The van der Waals surface area contributed by atoms with Crippen LogP contribution in [-0.4, -0.2) is 36.4 Å². The number of hydrogen-bond donors (Lipinski definition) is 2. The van der Waals surface area contributed by atoms with E-state index in [1.807, 2.05) is 55.5 Å². The second-order valence-electron chi connectivity index (χ2n) is 7.76. The number of anilines is 1. The van der Waals surface area contributed by atoms with Gasteiger partial charge in [-0.25, -0.2) is 4.79 Å². The van der Waals surface area contributed by atoms with Crippen LogP contribution in [0.3, 0.4) is 0 Å². The number of aryl methyl sites for hydroxylation is 1. The number of nitrogens with one attached hydrogen (secondary N) is 2. The Hall–Kier alpha value is -3.87. The maximum absolute atomic E-state index is 13.2. The second-order valence-corrected chi connectivity index (χ2v) is 7.76. The van der Waals surface area contributed by atoms with Crippen molar-refractivity contribution in [2.45, 2.75) is 19.4 Å². The van der Waals surface area contributed by atoms with Crippen LogP contribution in [0, 0.1) is 6.92 Å². The summed E-state index contributed by atoms with van der Waals surface area (Å²) in [5, 5.41) is 7.47. The molecule has 1 heterocycles. The Balaban J connectivity index is 1.55. The first-order valence-corrected chi connectivity index (χ1v) is 9.90. The van der Waals surface area contributed by atoms with E-state index < -0.39 is 29.9 Å². The van der Waals surface area contributed by atoms with Crippen LogP contribution in [0.15, 0.2) is 60.7 Å². The van der Waals surface area contributed by atoms with E-state index in [1.165, 1.54) is 7.11 Å². The molecule has 7 heteroatoms. The van der Waals surface area contributed by atoms with Crippen LogP contribution in [0.4, 0.5) is 10.5 Å². The number of urea groups is 1. The summed E-state index contributed by atoms with van der Waals surface area (Å²) in [5.74, 6) is -0.466. The molecule has 7 nitrogen and oxygen atoms in total. The molecule has 1 saturated heterocycles. The third kappa shape index (κ3) is 3.70. The molecule has 2 N–H and O–H groups in total. The summed E-state index contributed by atoms with van der Waals surface area (Å²) in [6, 6.07) is 18.2. The number of amides is 4. The Morgan fingerprint density at radius 1 is 1.06 bits per heavy atom. The van der Waals surface area contributed by atoms with Crippen molar-refractivity contribution in [3.8, 4) is 5.75 Å². The Bertz CT molecular complexity index is 1210. The lowest BCUT2D eigenvalue weighted by Gasteiger charge is -2.22. The molecule has 0 aromatic heterocycles. The van der Waals surface area contributed by atoms with E-state index in [1.54, 1.807) is 19.1 Å². The normalized spacial score (nSPS) is 18.2. The highest BCUT2D eigenvalue weighted by molar-refractivity contribution is 6.10. The van der Waals surface area contributed by atoms with Crippen LogP contribution in [0.25, 0.3) is 10.8 Å². The van der Waals surface area contributed by atoms with Crippen molar-refractivity contribution < 1.29 is 19.1 Å². The van der Waals surface area contributed by atoms with Gasteiger partial charge in [0, 0.05) is 0 Å². The molecule has 1 fully saturated rings. The van der Waals surface area contributed by atoms with Crippen molar-refractivity contribution in [2.75, 3.05) is 19.0 Å². The lowest BCUT2D eigenvalue weighted by molar-refractivity contribution is -0.133. The number of benzene rings is 3. The molecule has 1 aliphatic rings. The van der Waals surface area contributed by atoms with Gasteiger partial charge in [0.1, 0.15) is 17.8 Å². The SMILES string of the molecule is COc1ccc(C)cc1NC(=O)CN1C(=O)N[C@](C)(c2ccc3ccccc3c2)C1=O. The monoisotopic (exact) mass is 417 g/mol. The molecule has 0 saturated carbocycles. The number of imide groups is 1. The molecule has 0 aliphatic carbocycles. The van der Waals surface area contributed by atoms with Crippen LogP contribution >= 0.6 is 0 Å². The summed E-state index contributed by atoms with van der Waals surface area (Å²) in [4.78, 5) is 39.3. The predicted molar refractivity (Wildman–Crippen MR) is 118 cm³/mol. The van der Waals surface area contributed by atoms with Crippen molar-refractivity contribution >= 4 is 34.3 Å². The average Bonchev–Trinajstić information content (AvgIpc) is 2.97. The smallest absolute Gasteiger partial charge is 0.325 e. The van der Waals surface area contributed by atoms with Crippen molar-refractivity contribution in [3.05, 3.63) is 71.8 Å². The number of ether oxygens (including phenoxy) is 1. The van der Waals surface area contributed by atoms with Gasteiger partial charge >= 0.3 is 6.03 Å². The van der Waals surface area contributed by atoms with Gasteiger partial charge in [0.25, 0.3) is 5.91 Å². The van der Waals surface area contributed by atoms with Crippen LogP contribution in [0.2, 0.25) is 0 Å². The standard InChI is InChI=1S/C24H23N3O4/c1-15-8-11-20(31-3)19(12-15)25-21(28)14-27-22(29)24(2,26-23(27)30)18-10-9-16-6-4-5-7-17(16)13-18/h4-13H,14H2,1-3H3,(H,25,28)(H,26,30)/t24-/m1/s1. The largest absolute Gasteiger partial charge is 0.495 e. The fourth-order valence-corrected chi connectivity index (χ4v) is 3.79. The molecular weight excluding hydrogens is 394 g/mol. The molecule has 4 amide bonds. The zero-order valence-electron chi connectivity index (χ0n) is 17.6. The first-order chi connectivity index (χ1) is 14.8. The fraction of sp³-hybridized carbons (Fsp3) is 0.208. The highest BCUT2D eigenvalue weighted by Crippen LogP contribution is 2.31. The molecule has 0 spiro atoms. The van der Waals surface area contributed by atoms with Gasteiger partial charge in [-0.1, -0.05) is 42.5 Å². The van der Waals surface area contributed by atoms with Gasteiger partial charge in [-0.2, -0.15) is 0 Å². The molecule has 1 atom stereocenters. The molecule has 0 unspecified atom stereocenters. The van der Waals surface area contributed by atoms with Gasteiger partial charge in [-0.3, -0.25) is 14.5 Å². The molecule has 0 radical (unpaired) electrons. The maximum Gasteiger partial charge on any atom is 0.325 e. The summed E-state index contributed by atoms with van der Waals surface area (Å²) in [5.41, 5.74) is 0.835. The summed E-state index contributed by atoms with van der Waals surface area (Å²) in [6.07, 6.45) is 0. The zero-order chi connectivity index (χ0) is 22.2. The Labute approximate surface area is 180 Å². The zero-order valence-corrected chi connectivity index (χ0v) is 17.6. The Kier molecular flexibility index (Phi) is 5.10. The third-order valence-electron chi connectivity index (χ3n) is 5.53. The van der Waals surface area contributed by atoms with Gasteiger partial charge < -0.3 is 15.4 Å². The minimum absolute atomic E-state index is 0.398. The van der Waals surface area contributed by atoms with Crippen LogP contribution < -0.4 is 15.4 Å². The summed E-state index contributed by atoms with van der Waals surface area (Å²) in [6.45, 7) is 3.14. The van der Waals surface area contributed by atoms with E-state index in [0.717, 1.165) is 21.2 Å². The summed E-state index contributed by atoms with van der Waals surface area (Å²) >= 11 is 0. The third-order valence-corrected chi connectivity index (χ3v) is 5.53. The van der Waals surface area contributed by atoms with E-state index in [0.29, 0.717) is 17.0 Å². The number of carbonyl (C=O) groups is 3. The van der Waals surface area contributed by atoms with Crippen molar-refractivity contribution in [2.24, 2.45) is 0 Å². The molecule has 1 aliphatic heterocycles. The molecular formula is C24H23N3O4. The van der Waals surface area contributed by atoms with Gasteiger partial charge in [0.15, 0.2) is 0 Å². The Morgan fingerprint density at radius 3 is 2.55 bits per heavy atom. The maximum atomic E-state index is 13.2. The van der Waals surface area contributed by atoms with Gasteiger partial charge in [0.2, 0.25) is 5.91 Å². The van der Waals surface area contributed by atoms with Crippen molar-refractivity contribution in [1.82, 2.24) is 10.2 Å². The van der Waals surface area contributed by atoms with Crippen LogP contribution in [-0.2, 0) is 15.1 Å². The van der Waals surface area contributed by atoms with Crippen molar-refractivity contribution in [3.63, 3.8) is 0 Å². The van der Waals surface area contributed by atoms with Gasteiger partial charge in [-0.05, 0) is 53.9 Å². The number of hydrogen-bond acceptors (Lipinski definition) is 4. The second kappa shape index (κ2) is 7.75. The molecule has 0 bridgehead atoms.